The van der Waals surface area contributed by atoms with E-state index in [1.54, 1.807) is 32.0 Å². The van der Waals surface area contributed by atoms with Gasteiger partial charge in [0.15, 0.2) is 23.3 Å². The second-order valence-corrected chi connectivity index (χ2v) is 5.05. The van der Waals surface area contributed by atoms with Crippen LogP contribution in [0.4, 0.5) is 27.6 Å². The summed E-state index contributed by atoms with van der Waals surface area (Å²) in [5, 5.41) is 0. The topological polar surface area (TPSA) is 20.3 Å². The summed E-state index contributed by atoms with van der Waals surface area (Å²) in [6, 6.07) is 5.03. The van der Waals surface area contributed by atoms with Gasteiger partial charge in [0.25, 0.3) is 5.91 Å². The van der Waals surface area contributed by atoms with Crippen molar-refractivity contribution in [2.45, 2.75) is 13.8 Å². The summed E-state index contributed by atoms with van der Waals surface area (Å²) in [4.78, 5) is 13.2. The molecular formula is C16H12F5NO. The first kappa shape index (κ1) is 16.9. The summed E-state index contributed by atoms with van der Waals surface area (Å²) in [5.74, 6) is -12.2. The lowest BCUT2D eigenvalue weighted by atomic mass is 10.1. The average molecular weight is 329 g/mol. The Morgan fingerprint density at radius 1 is 0.826 bits per heavy atom. The number of anilines is 1. The molecule has 0 spiro atoms. The Morgan fingerprint density at radius 3 is 1.65 bits per heavy atom. The molecule has 23 heavy (non-hydrogen) atoms. The van der Waals surface area contributed by atoms with E-state index in [0.717, 1.165) is 4.90 Å². The molecule has 0 aliphatic heterocycles. The number of nitrogens with zero attached hydrogens (tertiary/aromatic N) is 1. The van der Waals surface area contributed by atoms with E-state index in [1.165, 1.54) is 7.05 Å². The van der Waals surface area contributed by atoms with Crippen LogP contribution in [0.25, 0.3) is 0 Å². The Morgan fingerprint density at radius 2 is 1.22 bits per heavy atom. The molecule has 2 aromatic rings. The lowest BCUT2D eigenvalue weighted by Crippen LogP contribution is -2.30. The Hall–Kier alpha value is -2.44. The van der Waals surface area contributed by atoms with Crippen LogP contribution in [0.3, 0.4) is 0 Å². The zero-order valence-corrected chi connectivity index (χ0v) is 12.5. The van der Waals surface area contributed by atoms with Gasteiger partial charge in [0.2, 0.25) is 5.82 Å². The maximum absolute atomic E-state index is 13.8. The normalized spacial score (nSPS) is 10.8. The number of carbonyl (C=O) groups excluding carboxylic acids is 1. The minimum Gasteiger partial charge on any atom is -0.311 e. The van der Waals surface area contributed by atoms with E-state index in [9.17, 15) is 26.7 Å². The van der Waals surface area contributed by atoms with Gasteiger partial charge >= 0.3 is 0 Å². The van der Waals surface area contributed by atoms with Gasteiger partial charge < -0.3 is 4.90 Å². The molecule has 122 valence electrons. The van der Waals surface area contributed by atoms with E-state index < -0.39 is 40.6 Å². The second kappa shape index (κ2) is 5.98. The Labute approximate surface area is 129 Å². The molecule has 0 radical (unpaired) electrons. The predicted octanol–water partition coefficient (Wildman–Crippen LogP) is 4.28. The predicted molar refractivity (Wildman–Crippen MR) is 74.9 cm³/mol. The molecule has 0 bridgehead atoms. The van der Waals surface area contributed by atoms with E-state index in [1.807, 2.05) is 0 Å². The number of hydrogen-bond donors (Lipinski definition) is 0. The molecule has 0 saturated carbocycles. The number of halogens is 5. The number of hydrogen-bond acceptors (Lipinski definition) is 1. The van der Waals surface area contributed by atoms with Crippen LogP contribution >= 0.6 is 0 Å². The summed E-state index contributed by atoms with van der Waals surface area (Å²) in [6.07, 6.45) is 0. The number of aryl methyl sites for hydroxylation is 2. The zero-order chi connectivity index (χ0) is 17.5. The Balaban J connectivity index is 2.62. The molecule has 0 aliphatic rings. The molecule has 2 aromatic carbocycles. The molecule has 0 atom stereocenters. The van der Waals surface area contributed by atoms with E-state index in [2.05, 4.69) is 0 Å². The first-order valence-corrected chi connectivity index (χ1v) is 6.54. The van der Waals surface area contributed by atoms with Crippen LogP contribution in [0.2, 0.25) is 0 Å². The van der Waals surface area contributed by atoms with Crippen molar-refractivity contribution in [1.82, 2.24) is 0 Å². The average Bonchev–Trinajstić information content (AvgIpc) is 2.50. The smallest absolute Gasteiger partial charge is 0.264 e. The van der Waals surface area contributed by atoms with Crippen molar-refractivity contribution in [2.24, 2.45) is 0 Å². The third-order valence-corrected chi connectivity index (χ3v) is 3.50. The highest BCUT2D eigenvalue weighted by Crippen LogP contribution is 2.28. The Kier molecular flexibility index (Phi) is 4.40. The van der Waals surface area contributed by atoms with Crippen LogP contribution < -0.4 is 4.90 Å². The number of para-hydroxylation sites is 1. The van der Waals surface area contributed by atoms with Crippen molar-refractivity contribution in [3.63, 3.8) is 0 Å². The molecular weight excluding hydrogens is 317 g/mol. The summed E-state index contributed by atoms with van der Waals surface area (Å²) >= 11 is 0. The quantitative estimate of drug-likeness (QED) is 0.458. The standard InChI is InChI=1S/C16H12F5NO/c1-7-5-4-6-8(2)15(7)22(3)16(23)9-10(17)12(19)14(21)13(20)11(9)18/h4-6H,1-3H3. The molecule has 2 nitrogen and oxygen atoms in total. The summed E-state index contributed by atoms with van der Waals surface area (Å²) in [5.41, 5.74) is 0.0856. The molecule has 2 rings (SSSR count). The third kappa shape index (κ3) is 2.67. The molecule has 0 unspecified atom stereocenters. The highest BCUT2D eigenvalue weighted by molar-refractivity contribution is 6.07. The zero-order valence-electron chi connectivity index (χ0n) is 12.5. The van der Waals surface area contributed by atoms with Gasteiger partial charge in [-0.15, -0.1) is 0 Å². The van der Waals surface area contributed by atoms with Gasteiger partial charge in [0.05, 0.1) is 0 Å². The summed E-state index contributed by atoms with van der Waals surface area (Å²) in [6.45, 7) is 3.31. The van der Waals surface area contributed by atoms with Crippen molar-refractivity contribution < 1.29 is 26.7 Å². The lowest BCUT2D eigenvalue weighted by Gasteiger charge is -2.22. The maximum Gasteiger partial charge on any atom is 0.264 e. The second-order valence-electron chi connectivity index (χ2n) is 5.05. The van der Waals surface area contributed by atoms with Crippen molar-refractivity contribution >= 4 is 11.6 Å². The fraction of sp³-hybridized carbons (Fsp3) is 0.188. The molecule has 0 fully saturated rings. The first-order valence-electron chi connectivity index (χ1n) is 6.54. The Bertz CT molecular complexity index is 754. The SMILES string of the molecule is Cc1cccc(C)c1N(C)C(=O)c1c(F)c(F)c(F)c(F)c1F. The van der Waals surface area contributed by atoms with Crippen LogP contribution in [0, 0.1) is 42.9 Å². The van der Waals surface area contributed by atoms with Crippen LogP contribution in [-0.2, 0) is 0 Å². The van der Waals surface area contributed by atoms with Gasteiger partial charge in [-0.3, -0.25) is 4.79 Å². The van der Waals surface area contributed by atoms with E-state index >= 15 is 0 Å². The van der Waals surface area contributed by atoms with Crippen LogP contribution in [0.1, 0.15) is 21.5 Å². The van der Waals surface area contributed by atoms with Gasteiger partial charge in [-0.2, -0.15) is 0 Å². The number of carbonyl (C=O) groups is 1. The lowest BCUT2D eigenvalue weighted by molar-refractivity contribution is 0.0981. The van der Waals surface area contributed by atoms with Crippen molar-refractivity contribution in [2.75, 3.05) is 11.9 Å². The van der Waals surface area contributed by atoms with Crippen molar-refractivity contribution in [3.8, 4) is 0 Å². The molecule has 1 amide bonds. The third-order valence-electron chi connectivity index (χ3n) is 3.50. The van der Waals surface area contributed by atoms with Crippen molar-refractivity contribution in [1.29, 1.82) is 0 Å². The molecule has 0 N–H and O–H groups in total. The monoisotopic (exact) mass is 329 g/mol. The molecule has 0 saturated heterocycles. The van der Waals surface area contributed by atoms with Gasteiger partial charge in [-0.1, -0.05) is 18.2 Å². The first-order chi connectivity index (χ1) is 10.7. The minimum absolute atomic E-state index is 0.335. The van der Waals surface area contributed by atoms with E-state index in [-0.39, 0.29) is 0 Å². The van der Waals surface area contributed by atoms with Crippen LogP contribution in [-0.4, -0.2) is 13.0 Å². The number of rotatable bonds is 2. The minimum atomic E-state index is -2.30. The van der Waals surface area contributed by atoms with Gasteiger partial charge in [0.1, 0.15) is 5.56 Å². The van der Waals surface area contributed by atoms with Gasteiger partial charge in [-0.25, -0.2) is 22.0 Å². The molecule has 0 aromatic heterocycles. The highest BCUT2D eigenvalue weighted by atomic mass is 19.2. The molecule has 0 aliphatic carbocycles. The van der Waals surface area contributed by atoms with Crippen molar-refractivity contribution in [3.05, 3.63) is 64.0 Å². The van der Waals surface area contributed by atoms with E-state index in [4.69, 9.17) is 0 Å². The highest BCUT2D eigenvalue weighted by Gasteiger charge is 2.32. The van der Waals surface area contributed by atoms with Gasteiger partial charge in [-0.05, 0) is 25.0 Å². The largest absolute Gasteiger partial charge is 0.311 e. The number of benzene rings is 2. The van der Waals surface area contributed by atoms with Crippen LogP contribution in [0.5, 0.6) is 0 Å². The number of amides is 1. The molecule has 7 heteroatoms. The summed E-state index contributed by atoms with van der Waals surface area (Å²) in [7, 11) is 1.20. The van der Waals surface area contributed by atoms with E-state index in [0.29, 0.717) is 16.8 Å². The summed E-state index contributed by atoms with van der Waals surface area (Å²) < 4.78 is 67.1. The van der Waals surface area contributed by atoms with Gasteiger partial charge in [0, 0.05) is 12.7 Å². The fourth-order valence-electron chi connectivity index (χ4n) is 2.40. The van der Waals surface area contributed by atoms with Crippen LogP contribution in [0.15, 0.2) is 18.2 Å². The fourth-order valence-corrected chi connectivity index (χ4v) is 2.40. The molecule has 0 heterocycles. The maximum atomic E-state index is 13.8.